The van der Waals surface area contributed by atoms with Gasteiger partial charge in [-0.3, -0.25) is 0 Å². The van der Waals surface area contributed by atoms with Crippen LogP contribution < -0.4 is 5.32 Å². The summed E-state index contributed by atoms with van der Waals surface area (Å²) in [5.74, 6) is 0.0861. The summed E-state index contributed by atoms with van der Waals surface area (Å²) in [6, 6.07) is 9.38. The van der Waals surface area contributed by atoms with E-state index in [2.05, 4.69) is 5.32 Å². The van der Waals surface area contributed by atoms with Crippen molar-refractivity contribution < 1.29 is 15.0 Å². The summed E-state index contributed by atoms with van der Waals surface area (Å²) >= 11 is 0. The minimum absolute atomic E-state index is 0.0668. The number of rotatable bonds is 7. The highest BCUT2D eigenvalue weighted by Crippen LogP contribution is 2.18. The summed E-state index contributed by atoms with van der Waals surface area (Å²) in [5, 5.41) is 21.0. The first-order valence-electron chi connectivity index (χ1n) is 6.87. The van der Waals surface area contributed by atoms with E-state index < -0.39 is 0 Å². The molecule has 0 heterocycles. The Labute approximate surface area is 120 Å². The molecule has 0 saturated carbocycles. The summed E-state index contributed by atoms with van der Waals surface area (Å²) in [6.45, 7) is 2.26. The Morgan fingerprint density at radius 3 is 2.50 bits per heavy atom. The molecule has 112 valence electrons. The number of nitrogens with zero attached hydrogens (tertiary/aromatic N) is 1. The first-order valence-corrected chi connectivity index (χ1v) is 6.87. The van der Waals surface area contributed by atoms with Crippen molar-refractivity contribution in [2.75, 3.05) is 26.8 Å². The lowest BCUT2D eigenvalue weighted by atomic mass is 9.96. The molecule has 2 unspecified atom stereocenters. The molecule has 2 amide bonds. The molecule has 0 aliphatic rings. The first kappa shape index (κ1) is 16.5. The van der Waals surface area contributed by atoms with E-state index in [1.54, 1.807) is 14.0 Å². The van der Waals surface area contributed by atoms with Gasteiger partial charge in [0.05, 0.1) is 12.6 Å². The molecule has 1 rings (SSSR count). The van der Waals surface area contributed by atoms with E-state index in [1.165, 1.54) is 4.90 Å². The molecular weight excluding hydrogens is 256 g/mol. The third-order valence-corrected chi connectivity index (χ3v) is 3.49. The SMILES string of the molecule is CC(CO)N(C)C(=O)NCC(CCO)c1ccccc1. The monoisotopic (exact) mass is 280 g/mol. The molecule has 0 saturated heterocycles. The van der Waals surface area contributed by atoms with Crippen LogP contribution in [0.1, 0.15) is 24.8 Å². The minimum Gasteiger partial charge on any atom is -0.396 e. The fourth-order valence-corrected chi connectivity index (χ4v) is 1.93. The van der Waals surface area contributed by atoms with Crippen LogP contribution in [-0.4, -0.2) is 54.0 Å². The highest BCUT2D eigenvalue weighted by molar-refractivity contribution is 5.74. The van der Waals surface area contributed by atoms with Crippen LogP contribution in [0.5, 0.6) is 0 Å². The van der Waals surface area contributed by atoms with Crippen molar-refractivity contribution in [2.45, 2.75) is 25.3 Å². The fraction of sp³-hybridized carbons (Fsp3) is 0.533. The quantitative estimate of drug-likeness (QED) is 0.702. The van der Waals surface area contributed by atoms with Crippen molar-refractivity contribution in [3.05, 3.63) is 35.9 Å². The third-order valence-electron chi connectivity index (χ3n) is 3.49. The Balaban J connectivity index is 2.57. The number of amides is 2. The van der Waals surface area contributed by atoms with Gasteiger partial charge >= 0.3 is 6.03 Å². The molecule has 3 N–H and O–H groups in total. The predicted molar refractivity (Wildman–Crippen MR) is 78.6 cm³/mol. The van der Waals surface area contributed by atoms with E-state index in [9.17, 15) is 4.79 Å². The minimum atomic E-state index is -0.219. The predicted octanol–water partition coefficient (Wildman–Crippen LogP) is 1.17. The number of carbonyl (C=O) groups excluding carboxylic acids is 1. The van der Waals surface area contributed by atoms with Gasteiger partial charge in [0, 0.05) is 26.1 Å². The molecule has 0 spiro atoms. The maximum Gasteiger partial charge on any atom is 0.317 e. The van der Waals surface area contributed by atoms with Gasteiger partial charge in [0.25, 0.3) is 0 Å². The van der Waals surface area contributed by atoms with Gasteiger partial charge in [0.1, 0.15) is 0 Å². The number of benzene rings is 1. The third kappa shape index (κ3) is 4.83. The number of urea groups is 1. The second-order valence-electron chi connectivity index (χ2n) is 4.95. The molecule has 0 aromatic heterocycles. The summed E-state index contributed by atoms with van der Waals surface area (Å²) in [7, 11) is 1.65. The van der Waals surface area contributed by atoms with E-state index in [4.69, 9.17) is 10.2 Å². The van der Waals surface area contributed by atoms with Crippen LogP contribution in [0, 0.1) is 0 Å². The van der Waals surface area contributed by atoms with Crippen molar-refractivity contribution >= 4 is 6.03 Å². The molecule has 1 aromatic rings. The topological polar surface area (TPSA) is 72.8 Å². The second kappa shape index (κ2) is 8.55. The Hall–Kier alpha value is -1.59. The molecule has 0 aliphatic heterocycles. The number of aliphatic hydroxyl groups excluding tert-OH is 2. The largest absolute Gasteiger partial charge is 0.396 e. The van der Waals surface area contributed by atoms with Crippen LogP contribution in [-0.2, 0) is 0 Å². The average molecular weight is 280 g/mol. The van der Waals surface area contributed by atoms with Crippen molar-refractivity contribution in [1.82, 2.24) is 10.2 Å². The van der Waals surface area contributed by atoms with E-state index in [-0.39, 0.29) is 31.2 Å². The van der Waals surface area contributed by atoms with E-state index >= 15 is 0 Å². The molecule has 5 heteroatoms. The van der Waals surface area contributed by atoms with Crippen LogP contribution in [0.3, 0.4) is 0 Å². The molecule has 2 atom stereocenters. The lowest BCUT2D eigenvalue weighted by Gasteiger charge is -2.25. The summed E-state index contributed by atoms with van der Waals surface area (Å²) in [6.07, 6.45) is 0.601. The van der Waals surface area contributed by atoms with E-state index in [0.29, 0.717) is 13.0 Å². The van der Waals surface area contributed by atoms with Crippen LogP contribution in [0.25, 0.3) is 0 Å². The number of nitrogens with one attached hydrogen (secondary N) is 1. The standard InChI is InChI=1S/C15H24N2O3/c1-12(11-19)17(2)15(20)16-10-14(8-9-18)13-6-4-3-5-7-13/h3-7,12,14,18-19H,8-11H2,1-2H3,(H,16,20). The van der Waals surface area contributed by atoms with Gasteiger partial charge in [-0.2, -0.15) is 0 Å². The Kier molecular flexibility index (Phi) is 7.04. The van der Waals surface area contributed by atoms with Crippen LogP contribution in [0.15, 0.2) is 30.3 Å². The van der Waals surface area contributed by atoms with Gasteiger partial charge in [0.15, 0.2) is 0 Å². The van der Waals surface area contributed by atoms with Gasteiger partial charge in [-0.15, -0.1) is 0 Å². The summed E-state index contributed by atoms with van der Waals surface area (Å²) in [4.78, 5) is 13.4. The zero-order valence-electron chi connectivity index (χ0n) is 12.1. The number of hydrogen-bond donors (Lipinski definition) is 3. The molecule has 0 aliphatic carbocycles. The van der Waals surface area contributed by atoms with Crippen molar-refractivity contribution in [3.8, 4) is 0 Å². The number of aliphatic hydroxyl groups is 2. The average Bonchev–Trinajstić information content (AvgIpc) is 2.50. The molecule has 0 bridgehead atoms. The number of carbonyl (C=O) groups is 1. The van der Waals surface area contributed by atoms with Crippen molar-refractivity contribution in [3.63, 3.8) is 0 Å². The van der Waals surface area contributed by atoms with E-state index in [0.717, 1.165) is 5.56 Å². The molecule has 0 radical (unpaired) electrons. The molecule has 0 fully saturated rings. The number of likely N-dealkylation sites (N-methyl/N-ethyl adjacent to an activating group) is 1. The van der Waals surface area contributed by atoms with Crippen LogP contribution >= 0.6 is 0 Å². The Morgan fingerprint density at radius 1 is 1.30 bits per heavy atom. The van der Waals surface area contributed by atoms with Gasteiger partial charge < -0.3 is 20.4 Å². The lowest BCUT2D eigenvalue weighted by Crippen LogP contribution is -2.45. The maximum absolute atomic E-state index is 11.9. The van der Waals surface area contributed by atoms with Crippen LogP contribution in [0.4, 0.5) is 4.79 Å². The van der Waals surface area contributed by atoms with Crippen LogP contribution in [0.2, 0.25) is 0 Å². The van der Waals surface area contributed by atoms with Gasteiger partial charge in [0.2, 0.25) is 0 Å². The molecule has 20 heavy (non-hydrogen) atoms. The zero-order valence-corrected chi connectivity index (χ0v) is 12.1. The first-order chi connectivity index (χ1) is 9.60. The molecular formula is C15H24N2O3. The lowest BCUT2D eigenvalue weighted by molar-refractivity contribution is 0.156. The Bertz CT molecular complexity index is 397. The maximum atomic E-state index is 11.9. The smallest absolute Gasteiger partial charge is 0.317 e. The fourth-order valence-electron chi connectivity index (χ4n) is 1.93. The summed E-state index contributed by atoms with van der Waals surface area (Å²) in [5.41, 5.74) is 1.10. The van der Waals surface area contributed by atoms with Crippen molar-refractivity contribution in [1.29, 1.82) is 0 Å². The molecule has 5 nitrogen and oxygen atoms in total. The Morgan fingerprint density at radius 2 is 1.95 bits per heavy atom. The van der Waals surface area contributed by atoms with Crippen molar-refractivity contribution in [2.24, 2.45) is 0 Å². The van der Waals surface area contributed by atoms with Gasteiger partial charge in [-0.1, -0.05) is 30.3 Å². The van der Waals surface area contributed by atoms with Gasteiger partial charge in [-0.05, 0) is 18.9 Å². The van der Waals surface area contributed by atoms with Gasteiger partial charge in [-0.25, -0.2) is 4.79 Å². The zero-order chi connectivity index (χ0) is 15.0. The normalized spacial score (nSPS) is 13.6. The highest BCUT2D eigenvalue weighted by Gasteiger charge is 2.17. The summed E-state index contributed by atoms with van der Waals surface area (Å²) < 4.78 is 0. The highest BCUT2D eigenvalue weighted by atomic mass is 16.3. The van der Waals surface area contributed by atoms with E-state index in [1.807, 2.05) is 30.3 Å². The second-order valence-corrected chi connectivity index (χ2v) is 4.95. The number of hydrogen-bond acceptors (Lipinski definition) is 3. The molecule has 1 aromatic carbocycles.